The Morgan fingerprint density at radius 3 is 2.47 bits per heavy atom. The van der Waals surface area contributed by atoms with Gasteiger partial charge < -0.3 is 14.9 Å². The minimum absolute atomic E-state index is 0.433. The van der Waals surface area contributed by atoms with Crippen LogP contribution in [0.3, 0.4) is 0 Å². The summed E-state index contributed by atoms with van der Waals surface area (Å²) in [6, 6.07) is 4.89. The number of methoxy groups -OCH3 is 1. The molecule has 2 N–H and O–H groups in total. The molecule has 1 aromatic carbocycles. The average Bonchev–Trinajstić information content (AvgIpc) is 2.26. The summed E-state index contributed by atoms with van der Waals surface area (Å²) in [5, 5.41) is 17.7. The number of ether oxygens (including phenoxy) is 1. The summed E-state index contributed by atoms with van der Waals surface area (Å²) >= 11 is 0. The van der Waals surface area contributed by atoms with Crippen molar-refractivity contribution in [1.29, 1.82) is 0 Å². The van der Waals surface area contributed by atoms with Gasteiger partial charge in [0.2, 0.25) is 0 Å². The molecule has 5 heteroatoms. The molecule has 1 aromatic rings. The number of carbonyl (C=O) groups is 2. The average molecular weight is 238 g/mol. The normalized spacial score (nSPS) is 11.9. The minimum atomic E-state index is -1.15. The van der Waals surface area contributed by atoms with E-state index in [4.69, 9.17) is 14.9 Å². The van der Waals surface area contributed by atoms with E-state index in [1.807, 2.05) is 6.92 Å². The van der Waals surface area contributed by atoms with E-state index in [9.17, 15) is 9.59 Å². The van der Waals surface area contributed by atoms with E-state index < -0.39 is 24.3 Å². The maximum Gasteiger partial charge on any atom is 0.311 e. The van der Waals surface area contributed by atoms with Crippen LogP contribution in [0.2, 0.25) is 0 Å². The summed E-state index contributed by atoms with van der Waals surface area (Å²) < 4.78 is 5.08. The molecule has 0 aliphatic heterocycles. The van der Waals surface area contributed by atoms with Gasteiger partial charge in [0, 0.05) is 0 Å². The van der Waals surface area contributed by atoms with E-state index in [0.717, 1.165) is 5.56 Å². The van der Waals surface area contributed by atoms with E-state index in [1.165, 1.54) is 7.11 Å². The topological polar surface area (TPSA) is 83.8 Å². The number of aryl methyl sites for hydroxylation is 1. The molecule has 1 unspecified atom stereocenters. The lowest BCUT2D eigenvalue weighted by Gasteiger charge is -2.13. The Morgan fingerprint density at radius 2 is 2.00 bits per heavy atom. The van der Waals surface area contributed by atoms with Crippen molar-refractivity contribution in [3.8, 4) is 5.75 Å². The van der Waals surface area contributed by atoms with Crippen molar-refractivity contribution in [1.82, 2.24) is 0 Å². The highest BCUT2D eigenvalue weighted by Gasteiger charge is 2.23. The third-order valence-corrected chi connectivity index (χ3v) is 2.51. The summed E-state index contributed by atoms with van der Waals surface area (Å²) in [5.41, 5.74) is 1.30. The van der Waals surface area contributed by atoms with Crippen LogP contribution in [-0.2, 0) is 9.59 Å². The highest BCUT2D eigenvalue weighted by atomic mass is 16.5. The summed E-state index contributed by atoms with van der Waals surface area (Å²) in [7, 11) is 1.49. The fourth-order valence-corrected chi connectivity index (χ4v) is 1.58. The Bertz CT molecular complexity index is 439. The van der Waals surface area contributed by atoms with Crippen molar-refractivity contribution >= 4 is 11.9 Å². The zero-order valence-electron chi connectivity index (χ0n) is 9.64. The number of carboxylic acids is 2. The minimum Gasteiger partial charge on any atom is -0.496 e. The van der Waals surface area contributed by atoms with Crippen molar-refractivity contribution < 1.29 is 24.5 Å². The van der Waals surface area contributed by atoms with E-state index in [0.29, 0.717) is 11.3 Å². The SMILES string of the molecule is COc1cc(C(CC(=O)O)C(=O)O)ccc1C. The zero-order chi connectivity index (χ0) is 13.0. The van der Waals surface area contributed by atoms with Crippen LogP contribution in [0.5, 0.6) is 5.75 Å². The predicted octanol–water partition coefficient (Wildman–Crippen LogP) is 1.65. The molecule has 5 nitrogen and oxygen atoms in total. The van der Waals surface area contributed by atoms with Crippen molar-refractivity contribution in [2.24, 2.45) is 0 Å². The Balaban J connectivity index is 3.10. The molecule has 0 heterocycles. The second kappa shape index (κ2) is 5.34. The smallest absolute Gasteiger partial charge is 0.311 e. The lowest BCUT2D eigenvalue weighted by Crippen LogP contribution is -2.16. The molecule has 0 radical (unpaired) electrons. The monoisotopic (exact) mass is 238 g/mol. The highest BCUT2D eigenvalue weighted by Crippen LogP contribution is 2.26. The fraction of sp³-hybridized carbons (Fsp3) is 0.333. The van der Waals surface area contributed by atoms with Crippen LogP contribution < -0.4 is 4.74 Å². The first-order valence-electron chi connectivity index (χ1n) is 5.05. The van der Waals surface area contributed by atoms with Gasteiger partial charge in [0.15, 0.2) is 0 Å². The van der Waals surface area contributed by atoms with Gasteiger partial charge in [-0.2, -0.15) is 0 Å². The summed E-state index contributed by atoms with van der Waals surface area (Å²) in [6.45, 7) is 1.83. The maximum atomic E-state index is 11.0. The molecule has 0 fully saturated rings. The lowest BCUT2D eigenvalue weighted by molar-refractivity contribution is -0.145. The maximum absolute atomic E-state index is 11.0. The molecule has 0 saturated carbocycles. The lowest BCUT2D eigenvalue weighted by atomic mass is 9.95. The van der Waals surface area contributed by atoms with Crippen LogP contribution in [0, 0.1) is 6.92 Å². The molecule has 17 heavy (non-hydrogen) atoms. The number of carboxylic acid groups (broad SMARTS) is 2. The van der Waals surface area contributed by atoms with E-state index in [-0.39, 0.29) is 0 Å². The molecule has 0 aromatic heterocycles. The third kappa shape index (κ3) is 3.21. The summed E-state index contributed by atoms with van der Waals surface area (Å²) in [6.07, 6.45) is -0.443. The number of benzene rings is 1. The van der Waals surface area contributed by atoms with Crippen molar-refractivity contribution in [2.75, 3.05) is 7.11 Å². The first-order valence-corrected chi connectivity index (χ1v) is 5.05. The zero-order valence-corrected chi connectivity index (χ0v) is 9.64. The van der Waals surface area contributed by atoms with Gasteiger partial charge in [-0.05, 0) is 24.1 Å². The molecule has 1 rings (SSSR count). The highest BCUT2D eigenvalue weighted by molar-refractivity contribution is 5.82. The molecule has 0 spiro atoms. The molecule has 0 amide bonds. The summed E-state index contributed by atoms with van der Waals surface area (Å²) in [4.78, 5) is 21.6. The largest absolute Gasteiger partial charge is 0.496 e. The quantitative estimate of drug-likeness (QED) is 0.814. The third-order valence-electron chi connectivity index (χ3n) is 2.51. The van der Waals surface area contributed by atoms with Crippen LogP contribution in [-0.4, -0.2) is 29.3 Å². The van der Waals surface area contributed by atoms with Gasteiger partial charge in [-0.3, -0.25) is 9.59 Å². The fourth-order valence-electron chi connectivity index (χ4n) is 1.58. The standard InChI is InChI=1S/C12H14O5/c1-7-3-4-8(5-10(7)17-2)9(12(15)16)6-11(13)14/h3-5,9H,6H2,1-2H3,(H,13,14)(H,15,16). The second-order valence-electron chi connectivity index (χ2n) is 3.72. The predicted molar refractivity (Wildman–Crippen MR) is 60.4 cm³/mol. The Morgan fingerprint density at radius 1 is 1.35 bits per heavy atom. The molecule has 0 aliphatic carbocycles. The van der Waals surface area contributed by atoms with Gasteiger partial charge in [0.05, 0.1) is 19.4 Å². The molecular formula is C12H14O5. The van der Waals surface area contributed by atoms with Gasteiger partial charge in [-0.15, -0.1) is 0 Å². The Labute approximate surface area is 98.6 Å². The van der Waals surface area contributed by atoms with E-state index >= 15 is 0 Å². The van der Waals surface area contributed by atoms with E-state index in [2.05, 4.69) is 0 Å². The Kier molecular flexibility index (Phi) is 4.09. The van der Waals surface area contributed by atoms with Crippen molar-refractivity contribution in [2.45, 2.75) is 19.3 Å². The Hall–Kier alpha value is -2.04. The van der Waals surface area contributed by atoms with Crippen LogP contribution in [0.15, 0.2) is 18.2 Å². The van der Waals surface area contributed by atoms with Gasteiger partial charge in [0.25, 0.3) is 0 Å². The number of hydrogen-bond acceptors (Lipinski definition) is 3. The molecule has 0 saturated heterocycles. The first kappa shape index (κ1) is 13.0. The molecule has 1 atom stereocenters. The van der Waals surface area contributed by atoms with Gasteiger partial charge in [-0.1, -0.05) is 12.1 Å². The van der Waals surface area contributed by atoms with Crippen molar-refractivity contribution in [3.63, 3.8) is 0 Å². The van der Waals surface area contributed by atoms with E-state index in [1.54, 1.807) is 18.2 Å². The van der Waals surface area contributed by atoms with Gasteiger partial charge in [-0.25, -0.2) is 0 Å². The summed E-state index contributed by atoms with van der Waals surface area (Å²) in [5.74, 6) is -2.80. The van der Waals surface area contributed by atoms with Gasteiger partial charge >= 0.3 is 11.9 Å². The molecular weight excluding hydrogens is 224 g/mol. The number of aliphatic carboxylic acids is 2. The molecule has 0 bridgehead atoms. The van der Waals surface area contributed by atoms with Crippen LogP contribution in [0.1, 0.15) is 23.5 Å². The van der Waals surface area contributed by atoms with Crippen molar-refractivity contribution in [3.05, 3.63) is 29.3 Å². The van der Waals surface area contributed by atoms with Crippen LogP contribution in [0.4, 0.5) is 0 Å². The number of hydrogen-bond donors (Lipinski definition) is 2. The second-order valence-corrected chi connectivity index (χ2v) is 3.72. The first-order chi connectivity index (χ1) is 7.95. The number of rotatable bonds is 5. The van der Waals surface area contributed by atoms with Crippen LogP contribution in [0.25, 0.3) is 0 Å². The van der Waals surface area contributed by atoms with Gasteiger partial charge in [0.1, 0.15) is 5.75 Å². The van der Waals surface area contributed by atoms with Crippen LogP contribution >= 0.6 is 0 Å². The molecule has 0 aliphatic rings. The molecule has 92 valence electrons.